The molecule has 96 valence electrons. The van der Waals surface area contributed by atoms with Crippen molar-refractivity contribution in [1.29, 1.82) is 0 Å². The van der Waals surface area contributed by atoms with E-state index < -0.39 is 5.91 Å². The molecule has 4 nitrogen and oxygen atoms in total. The SMILES string of the molecule is CCCn1c(C)c(C(N)=O)c(Cl)c1-c1ccco1. The number of nitrogens with zero attached hydrogens (tertiary/aromatic N) is 1. The zero-order chi connectivity index (χ0) is 13.3. The third-order valence-electron chi connectivity index (χ3n) is 2.91. The molecule has 2 aromatic heterocycles. The highest BCUT2D eigenvalue weighted by atomic mass is 35.5. The van der Waals surface area contributed by atoms with Crippen molar-refractivity contribution < 1.29 is 9.21 Å². The standard InChI is InChI=1S/C13H15ClN2O2/c1-3-6-16-8(2)10(13(15)17)11(14)12(16)9-5-4-7-18-9/h4-5,7H,3,6H2,1-2H3,(H2,15,17). The first-order chi connectivity index (χ1) is 8.57. The fourth-order valence-electron chi connectivity index (χ4n) is 2.14. The minimum Gasteiger partial charge on any atom is -0.463 e. The number of aromatic nitrogens is 1. The summed E-state index contributed by atoms with van der Waals surface area (Å²) < 4.78 is 7.35. The van der Waals surface area contributed by atoms with Gasteiger partial charge in [-0.2, -0.15) is 0 Å². The zero-order valence-corrected chi connectivity index (χ0v) is 11.1. The molecule has 0 saturated heterocycles. The van der Waals surface area contributed by atoms with Crippen LogP contribution in [-0.4, -0.2) is 10.5 Å². The molecule has 2 heterocycles. The van der Waals surface area contributed by atoms with Crippen LogP contribution in [0.25, 0.3) is 11.5 Å². The molecule has 2 aromatic rings. The number of carbonyl (C=O) groups excluding carboxylic acids is 1. The van der Waals surface area contributed by atoms with Gasteiger partial charge in [0.15, 0.2) is 5.76 Å². The average Bonchev–Trinajstić information content (AvgIpc) is 2.87. The van der Waals surface area contributed by atoms with Gasteiger partial charge in [0, 0.05) is 12.2 Å². The summed E-state index contributed by atoms with van der Waals surface area (Å²) >= 11 is 6.28. The van der Waals surface area contributed by atoms with Gasteiger partial charge in [0.05, 0.1) is 16.8 Å². The maximum absolute atomic E-state index is 11.5. The number of halogens is 1. The molecule has 0 aliphatic heterocycles. The zero-order valence-electron chi connectivity index (χ0n) is 10.4. The van der Waals surface area contributed by atoms with E-state index in [9.17, 15) is 4.79 Å². The van der Waals surface area contributed by atoms with E-state index in [2.05, 4.69) is 6.92 Å². The Morgan fingerprint density at radius 3 is 2.78 bits per heavy atom. The molecule has 0 bridgehead atoms. The van der Waals surface area contributed by atoms with E-state index in [1.165, 1.54) is 0 Å². The largest absolute Gasteiger partial charge is 0.463 e. The van der Waals surface area contributed by atoms with Crippen LogP contribution in [0, 0.1) is 6.92 Å². The van der Waals surface area contributed by atoms with Crippen molar-refractivity contribution in [2.24, 2.45) is 5.73 Å². The first-order valence-corrected chi connectivity index (χ1v) is 6.18. The molecule has 0 fully saturated rings. The molecular weight excluding hydrogens is 252 g/mol. The highest BCUT2D eigenvalue weighted by molar-refractivity contribution is 6.36. The van der Waals surface area contributed by atoms with Crippen LogP contribution in [0.4, 0.5) is 0 Å². The fraction of sp³-hybridized carbons (Fsp3) is 0.308. The second kappa shape index (κ2) is 4.90. The maximum atomic E-state index is 11.5. The Morgan fingerprint density at radius 2 is 2.28 bits per heavy atom. The predicted octanol–water partition coefficient (Wildman–Crippen LogP) is 3.22. The van der Waals surface area contributed by atoms with Gasteiger partial charge in [0.2, 0.25) is 0 Å². The lowest BCUT2D eigenvalue weighted by molar-refractivity contribution is 0.0999. The number of furan rings is 1. The summed E-state index contributed by atoms with van der Waals surface area (Å²) in [5, 5.41) is 0.364. The van der Waals surface area contributed by atoms with Gasteiger partial charge in [0.25, 0.3) is 5.91 Å². The van der Waals surface area contributed by atoms with Crippen molar-refractivity contribution in [3.8, 4) is 11.5 Å². The van der Waals surface area contributed by atoms with Crippen molar-refractivity contribution in [2.45, 2.75) is 26.8 Å². The highest BCUT2D eigenvalue weighted by Crippen LogP contribution is 2.35. The number of hydrogen-bond donors (Lipinski definition) is 1. The normalized spacial score (nSPS) is 10.8. The summed E-state index contributed by atoms with van der Waals surface area (Å²) in [6.07, 6.45) is 2.51. The molecule has 0 radical (unpaired) electrons. The van der Waals surface area contributed by atoms with Crippen LogP contribution < -0.4 is 5.73 Å². The molecule has 5 heteroatoms. The van der Waals surface area contributed by atoms with Gasteiger partial charge < -0.3 is 14.7 Å². The number of carbonyl (C=O) groups is 1. The molecule has 0 aromatic carbocycles. The summed E-state index contributed by atoms with van der Waals surface area (Å²) in [6, 6.07) is 3.60. The van der Waals surface area contributed by atoms with E-state index >= 15 is 0 Å². The predicted molar refractivity (Wildman–Crippen MR) is 70.7 cm³/mol. The summed E-state index contributed by atoms with van der Waals surface area (Å²) in [6.45, 7) is 4.66. The lowest BCUT2D eigenvalue weighted by Gasteiger charge is -2.08. The molecule has 0 atom stereocenters. The average molecular weight is 267 g/mol. The number of nitrogens with two attached hydrogens (primary N) is 1. The van der Waals surface area contributed by atoms with Crippen molar-refractivity contribution in [2.75, 3.05) is 0 Å². The van der Waals surface area contributed by atoms with E-state index in [1.54, 1.807) is 12.3 Å². The van der Waals surface area contributed by atoms with E-state index in [0.29, 0.717) is 16.3 Å². The molecule has 0 spiro atoms. The van der Waals surface area contributed by atoms with Gasteiger partial charge in [-0.25, -0.2) is 0 Å². The Balaban J connectivity index is 2.70. The number of rotatable bonds is 4. The van der Waals surface area contributed by atoms with Crippen LogP contribution in [0.1, 0.15) is 29.4 Å². The number of hydrogen-bond acceptors (Lipinski definition) is 2. The van der Waals surface area contributed by atoms with Crippen molar-refractivity contribution >= 4 is 17.5 Å². The highest BCUT2D eigenvalue weighted by Gasteiger charge is 2.24. The van der Waals surface area contributed by atoms with Crippen LogP contribution >= 0.6 is 11.6 Å². The summed E-state index contributed by atoms with van der Waals surface area (Å²) in [7, 11) is 0. The monoisotopic (exact) mass is 266 g/mol. The lowest BCUT2D eigenvalue weighted by Crippen LogP contribution is -2.13. The minimum absolute atomic E-state index is 0.364. The number of amides is 1. The fourth-order valence-corrected chi connectivity index (χ4v) is 2.57. The van der Waals surface area contributed by atoms with Gasteiger partial charge in [-0.1, -0.05) is 18.5 Å². The molecule has 2 N–H and O–H groups in total. The van der Waals surface area contributed by atoms with Crippen LogP contribution in [0.3, 0.4) is 0 Å². The molecule has 0 aliphatic carbocycles. The molecular formula is C13H15ClN2O2. The molecule has 2 rings (SSSR count). The Morgan fingerprint density at radius 1 is 1.56 bits per heavy atom. The molecule has 0 aliphatic rings. The summed E-state index contributed by atoms with van der Waals surface area (Å²) in [4.78, 5) is 11.5. The Bertz CT molecular complexity index is 570. The van der Waals surface area contributed by atoms with E-state index in [4.69, 9.17) is 21.8 Å². The first-order valence-electron chi connectivity index (χ1n) is 5.80. The maximum Gasteiger partial charge on any atom is 0.252 e. The number of primary amides is 1. The Hall–Kier alpha value is -1.68. The van der Waals surface area contributed by atoms with Gasteiger partial charge in [-0.05, 0) is 25.5 Å². The van der Waals surface area contributed by atoms with Crippen molar-refractivity contribution in [1.82, 2.24) is 4.57 Å². The quantitative estimate of drug-likeness (QED) is 0.924. The third-order valence-corrected chi connectivity index (χ3v) is 3.28. The van der Waals surface area contributed by atoms with Gasteiger partial charge in [-0.3, -0.25) is 4.79 Å². The summed E-state index contributed by atoms with van der Waals surface area (Å²) in [5.74, 6) is 0.129. The van der Waals surface area contributed by atoms with Crippen LogP contribution in [-0.2, 0) is 6.54 Å². The van der Waals surface area contributed by atoms with E-state index in [1.807, 2.05) is 17.6 Å². The second-order valence-corrected chi connectivity index (χ2v) is 4.49. The molecule has 18 heavy (non-hydrogen) atoms. The van der Waals surface area contributed by atoms with Gasteiger partial charge in [-0.15, -0.1) is 0 Å². The topological polar surface area (TPSA) is 61.2 Å². The lowest BCUT2D eigenvalue weighted by atomic mass is 10.2. The van der Waals surface area contributed by atoms with Gasteiger partial charge in [0.1, 0.15) is 5.69 Å². The molecule has 0 saturated carbocycles. The first kappa shape index (κ1) is 12.8. The third kappa shape index (κ3) is 1.93. The molecule has 1 amide bonds. The van der Waals surface area contributed by atoms with Crippen molar-refractivity contribution in [3.05, 3.63) is 34.7 Å². The van der Waals surface area contributed by atoms with Gasteiger partial charge >= 0.3 is 0 Å². The van der Waals surface area contributed by atoms with E-state index in [-0.39, 0.29) is 0 Å². The van der Waals surface area contributed by atoms with Crippen LogP contribution in [0.15, 0.2) is 22.8 Å². The smallest absolute Gasteiger partial charge is 0.252 e. The van der Waals surface area contributed by atoms with Crippen LogP contribution in [0.2, 0.25) is 5.02 Å². The Kier molecular flexibility index (Phi) is 3.48. The Labute approximate surface area is 110 Å². The molecule has 0 unspecified atom stereocenters. The second-order valence-electron chi connectivity index (χ2n) is 4.12. The van der Waals surface area contributed by atoms with Crippen LogP contribution in [0.5, 0.6) is 0 Å². The minimum atomic E-state index is -0.514. The van der Waals surface area contributed by atoms with Crippen molar-refractivity contribution in [3.63, 3.8) is 0 Å². The van der Waals surface area contributed by atoms with E-state index in [0.717, 1.165) is 24.4 Å². The summed E-state index contributed by atoms with van der Waals surface area (Å²) in [5.41, 5.74) is 7.25.